The Labute approximate surface area is 107 Å². The minimum absolute atomic E-state index is 0.0812. The van der Waals surface area contributed by atoms with Crippen LogP contribution >= 0.6 is 0 Å². The molecule has 1 amide bonds. The van der Waals surface area contributed by atoms with Crippen molar-refractivity contribution >= 4 is 5.91 Å². The molecule has 1 aromatic rings. The van der Waals surface area contributed by atoms with Crippen LogP contribution in [0.25, 0.3) is 0 Å². The molecule has 0 heterocycles. The highest BCUT2D eigenvalue weighted by Crippen LogP contribution is 2.31. The van der Waals surface area contributed by atoms with Crippen LogP contribution in [-0.2, 0) is 0 Å². The summed E-state index contributed by atoms with van der Waals surface area (Å²) in [6.45, 7) is 3.91. The number of hydrogen-bond donors (Lipinski definition) is 1. The molecule has 4 heteroatoms. The van der Waals surface area contributed by atoms with Crippen molar-refractivity contribution in [1.82, 2.24) is 5.32 Å². The highest BCUT2D eigenvalue weighted by molar-refractivity contribution is 5.97. The number of benzene rings is 1. The van der Waals surface area contributed by atoms with E-state index in [2.05, 4.69) is 5.32 Å². The van der Waals surface area contributed by atoms with Crippen LogP contribution in [0.15, 0.2) is 18.2 Å². The van der Waals surface area contributed by atoms with Gasteiger partial charge in [-0.1, -0.05) is 0 Å². The average Bonchev–Trinajstić information content (AvgIpc) is 3.13. The van der Waals surface area contributed by atoms with Gasteiger partial charge in [-0.2, -0.15) is 0 Å². The van der Waals surface area contributed by atoms with Crippen LogP contribution in [0.1, 0.15) is 37.0 Å². The Morgan fingerprint density at radius 3 is 2.67 bits per heavy atom. The Kier molecular flexibility index (Phi) is 3.75. The summed E-state index contributed by atoms with van der Waals surface area (Å²) in [5.41, 5.74) is 0.530. The maximum atomic E-state index is 11.8. The van der Waals surface area contributed by atoms with E-state index in [0.29, 0.717) is 17.1 Å². The van der Waals surface area contributed by atoms with Crippen molar-refractivity contribution < 1.29 is 14.3 Å². The minimum atomic E-state index is -0.153. The third-order valence-electron chi connectivity index (χ3n) is 2.61. The predicted molar refractivity (Wildman–Crippen MR) is 69.2 cm³/mol. The molecular formula is C14H19NO3. The number of amides is 1. The smallest absolute Gasteiger partial charge is 0.254 e. The van der Waals surface area contributed by atoms with Crippen LogP contribution < -0.4 is 14.8 Å². The summed E-state index contributed by atoms with van der Waals surface area (Å²) in [4.78, 5) is 11.8. The quantitative estimate of drug-likeness (QED) is 0.871. The normalized spacial score (nSPS) is 14.4. The maximum Gasteiger partial charge on any atom is 0.254 e. The standard InChI is InChI=1S/C14H19NO3/c1-9(2)17-11-6-7-13(18-10-4-5-10)12(8-11)14(16)15-3/h6-10H,4-5H2,1-3H3,(H,15,16). The Morgan fingerprint density at radius 1 is 1.39 bits per heavy atom. The molecule has 1 N–H and O–H groups in total. The molecule has 98 valence electrons. The van der Waals surface area contributed by atoms with Crippen LogP contribution in [-0.4, -0.2) is 25.2 Å². The van der Waals surface area contributed by atoms with Gasteiger partial charge in [-0.05, 0) is 44.9 Å². The molecule has 0 aliphatic heterocycles. The van der Waals surface area contributed by atoms with Gasteiger partial charge >= 0.3 is 0 Å². The number of nitrogens with one attached hydrogen (secondary N) is 1. The molecule has 0 bridgehead atoms. The van der Waals surface area contributed by atoms with Gasteiger partial charge in [0.2, 0.25) is 0 Å². The predicted octanol–water partition coefficient (Wildman–Crippen LogP) is 2.37. The van der Waals surface area contributed by atoms with Crippen molar-refractivity contribution in [3.05, 3.63) is 23.8 Å². The number of ether oxygens (including phenoxy) is 2. The lowest BCUT2D eigenvalue weighted by atomic mass is 10.1. The summed E-state index contributed by atoms with van der Waals surface area (Å²) in [5.74, 6) is 1.17. The van der Waals surface area contributed by atoms with Crippen LogP contribution in [0.4, 0.5) is 0 Å². The molecule has 4 nitrogen and oxygen atoms in total. The van der Waals surface area contributed by atoms with E-state index in [1.54, 1.807) is 19.2 Å². The summed E-state index contributed by atoms with van der Waals surface area (Å²) < 4.78 is 11.3. The van der Waals surface area contributed by atoms with Crippen LogP contribution in [0, 0.1) is 0 Å². The van der Waals surface area contributed by atoms with Gasteiger partial charge in [0.1, 0.15) is 11.5 Å². The van der Waals surface area contributed by atoms with E-state index in [4.69, 9.17) is 9.47 Å². The average molecular weight is 249 g/mol. The van der Waals surface area contributed by atoms with Crippen molar-refractivity contribution in [1.29, 1.82) is 0 Å². The second-order valence-corrected chi connectivity index (χ2v) is 4.72. The summed E-state index contributed by atoms with van der Waals surface area (Å²) >= 11 is 0. The van der Waals surface area contributed by atoms with E-state index in [1.807, 2.05) is 19.9 Å². The maximum absolute atomic E-state index is 11.8. The van der Waals surface area contributed by atoms with Gasteiger partial charge in [-0.3, -0.25) is 4.79 Å². The molecule has 1 fully saturated rings. The van der Waals surface area contributed by atoms with Gasteiger partial charge < -0.3 is 14.8 Å². The lowest BCUT2D eigenvalue weighted by molar-refractivity contribution is 0.0958. The van der Waals surface area contributed by atoms with Crippen molar-refractivity contribution in [2.75, 3.05) is 7.05 Å². The van der Waals surface area contributed by atoms with Crippen molar-refractivity contribution in [2.24, 2.45) is 0 Å². The Hall–Kier alpha value is -1.71. The molecule has 0 radical (unpaired) electrons. The van der Waals surface area contributed by atoms with E-state index < -0.39 is 0 Å². The zero-order chi connectivity index (χ0) is 13.1. The third-order valence-corrected chi connectivity index (χ3v) is 2.61. The molecule has 0 spiro atoms. The zero-order valence-corrected chi connectivity index (χ0v) is 11.0. The fourth-order valence-electron chi connectivity index (χ4n) is 1.63. The van der Waals surface area contributed by atoms with Crippen molar-refractivity contribution in [2.45, 2.75) is 38.9 Å². The van der Waals surface area contributed by atoms with Crippen molar-refractivity contribution in [3.8, 4) is 11.5 Å². The van der Waals surface area contributed by atoms with E-state index >= 15 is 0 Å². The van der Waals surface area contributed by atoms with Gasteiger partial charge in [0, 0.05) is 7.05 Å². The van der Waals surface area contributed by atoms with Crippen molar-refractivity contribution in [3.63, 3.8) is 0 Å². The minimum Gasteiger partial charge on any atom is -0.491 e. The van der Waals surface area contributed by atoms with E-state index in [-0.39, 0.29) is 18.1 Å². The van der Waals surface area contributed by atoms with Gasteiger partial charge in [0.25, 0.3) is 5.91 Å². The largest absolute Gasteiger partial charge is 0.491 e. The Bertz CT molecular complexity index is 439. The molecule has 1 aliphatic carbocycles. The van der Waals surface area contributed by atoms with Gasteiger partial charge in [0.05, 0.1) is 17.8 Å². The van der Waals surface area contributed by atoms with Gasteiger partial charge in [0.15, 0.2) is 0 Å². The lowest BCUT2D eigenvalue weighted by Crippen LogP contribution is -2.19. The first-order valence-corrected chi connectivity index (χ1v) is 6.29. The highest BCUT2D eigenvalue weighted by Gasteiger charge is 2.25. The molecule has 0 saturated heterocycles. The van der Waals surface area contributed by atoms with Gasteiger partial charge in [-0.15, -0.1) is 0 Å². The third kappa shape index (κ3) is 3.15. The SMILES string of the molecule is CNC(=O)c1cc(OC(C)C)ccc1OC1CC1. The molecule has 18 heavy (non-hydrogen) atoms. The topological polar surface area (TPSA) is 47.6 Å². The van der Waals surface area contributed by atoms with Crippen LogP contribution in [0.3, 0.4) is 0 Å². The summed E-state index contributed by atoms with van der Waals surface area (Å²) in [6.07, 6.45) is 2.48. The number of hydrogen-bond acceptors (Lipinski definition) is 3. The first-order valence-electron chi connectivity index (χ1n) is 6.29. The molecule has 1 saturated carbocycles. The molecule has 0 atom stereocenters. The second kappa shape index (κ2) is 5.29. The van der Waals surface area contributed by atoms with E-state index in [9.17, 15) is 4.79 Å². The van der Waals surface area contributed by atoms with Crippen LogP contribution in [0.2, 0.25) is 0 Å². The number of carbonyl (C=O) groups excluding carboxylic acids is 1. The molecule has 0 unspecified atom stereocenters. The molecule has 1 aliphatic rings. The number of carbonyl (C=O) groups is 1. The summed E-state index contributed by atoms with van der Waals surface area (Å²) in [5, 5.41) is 2.62. The first-order chi connectivity index (χ1) is 8.60. The molecule has 1 aromatic carbocycles. The van der Waals surface area contributed by atoms with E-state index in [1.165, 1.54) is 0 Å². The molecule has 0 aromatic heterocycles. The summed E-state index contributed by atoms with van der Waals surface area (Å²) in [7, 11) is 1.61. The second-order valence-electron chi connectivity index (χ2n) is 4.72. The highest BCUT2D eigenvalue weighted by atomic mass is 16.5. The summed E-state index contributed by atoms with van der Waals surface area (Å²) in [6, 6.07) is 5.38. The Balaban J connectivity index is 2.25. The fraction of sp³-hybridized carbons (Fsp3) is 0.500. The monoisotopic (exact) mass is 249 g/mol. The van der Waals surface area contributed by atoms with Gasteiger partial charge in [-0.25, -0.2) is 0 Å². The van der Waals surface area contributed by atoms with Crippen LogP contribution in [0.5, 0.6) is 11.5 Å². The first kappa shape index (κ1) is 12.7. The van der Waals surface area contributed by atoms with E-state index in [0.717, 1.165) is 12.8 Å². The number of rotatable bonds is 5. The fourth-order valence-corrected chi connectivity index (χ4v) is 1.63. The zero-order valence-electron chi connectivity index (χ0n) is 11.0. The Morgan fingerprint density at radius 2 is 2.11 bits per heavy atom. The molecule has 2 rings (SSSR count). The molecular weight excluding hydrogens is 230 g/mol. The lowest BCUT2D eigenvalue weighted by Gasteiger charge is -2.14.